The van der Waals surface area contributed by atoms with E-state index >= 15 is 0 Å². The van der Waals surface area contributed by atoms with E-state index in [1.165, 1.54) is 22.6 Å². The van der Waals surface area contributed by atoms with Crippen LogP contribution in [0.25, 0.3) is 0 Å². The largest absolute Gasteiger partial charge is 0.515 e. The van der Waals surface area contributed by atoms with Crippen molar-refractivity contribution >= 4 is 24.0 Å². The highest BCUT2D eigenvalue weighted by atomic mass is 16.6. The Hall–Kier alpha value is -3.04. The second-order valence-corrected chi connectivity index (χ2v) is 15.8. The predicted octanol–water partition coefficient (Wildman–Crippen LogP) is 6.02. The van der Waals surface area contributed by atoms with Gasteiger partial charge in [-0.25, -0.2) is 19.4 Å². The lowest BCUT2D eigenvalue weighted by Crippen LogP contribution is -2.45. The van der Waals surface area contributed by atoms with Crippen molar-refractivity contribution in [3.8, 4) is 0 Å². The molecule has 10 nitrogen and oxygen atoms in total. The summed E-state index contributed by atoms with van der Waals surface area (Å²) >= 11 is 0. The number of carbonyl (C=O) groups is 4. The van der Waals surface area contributed by atoms with E-state index < -0.39 is 23.4 Å². The van der Waals surface area contributed by atoms with Gasteiger partial charge in [-0.15, -0.1) is 0 Å². The van der Waals surface area contributed by atoms with Gasteiger partial charge in [0.2, 0.25) is 0 Å². The number of nitrogens with zero attached hydrogens (tertiary/aromatic N) is 3. The molecular weight excluding hydrogens is 562 g/mol. The molecule has 10 heteroatoms. The molecule has 244 valence electrons. The average molecular weight is 614 g/mol. The quantitative estimate of drug-likeness (QED) is 0.282. The van der Waals surface area contributed by atoms with Crippen molar-refractivity contribution < 1.29 is 33.8 Å². The highest BCUT2D eigenvalue weighted by molar-refractivity contribution is 6.06. The molecule has 2 heterocycles. The Labute approximate surface area is 261 Å². The fraction of sp³-hybridized carbons (Fsp3) is 0.765. The van der Waals surface area contributed by atoms with Crippen LogP contribution in [0.1, 0.15) is 92.9 Å². The van der Waals surface area contributed by atoms with Gasteiger partial charge in [0.15, 0.2) is 0 Å². The molecule has 0 aromatic rings. The third-order valence-corrected chi connectivity index (χ3v) is 10.3. The lowest BCUT2D eigenvalue weighted by molar-refractivity contribution is -0.127. The number of fused-ring (bicyclic) bond motifs is 6. The van der Waals surface area contributed by atoms with E-state index in [9.17, 15) is 24.3 Å². The van der Waals surface area contributed by atoms with Crippen molar-refractivity contribution in [2.45, 2.75) is 116 Å². The molecule has 0 aromatic carbocycles. The summed E-state index contributed by atoms with van der Waals surface area (Å²) in [5.41, 5.74) is -0.0682. The maximum atomic E-state index is 12.9. The first-order chi connectivity index (χ1) is 20.5. The molecule has 4 aliphatic carbocycles. The second kappa shape index (κ2) is 11.7. The summed E-state index contributed by atoms with van der Waals surface area (Å²) in [6.45, 7) is 10.9. The molecule has 0 spiro atoms. The zero-order chi connectivity index (χ0) is 32.3. The molecule has 6 aliphatic rings. The number of amides is 4. The van der Waals surface area contributed by atoms with Gasteiger partial charge < -0.3 is 19.5 Å². The number of likely N-dealkylation sites (tertiary alicyclic amines) is 2. The Morgan fingerprint density at radius 1 is 0.750 bits per heavy atom. The zero-order valence-electron chi connectivity index (χ0n) is 27.7. The SMILES string of the molecule is CC(C)(C)OC(=O)N1C(=O)/C(=C/O)[C@H]2C[C@@H]3CCC[C@@H]3[C@H]21.CN(C)/C=C1/C(=O)N(C(=O)OC(C)(C)C)[C@@H]2[C@H]3CCC[C@H]3C[C@H]12. The first kappa shape index (κ1) is 32.4. The summed E-state index contributed by atoms with van der Waals surface area (Å²) in [4.78, 5) is 55.1. The molecule has 4 amide bonds. The van der Waals surface area contributed by atoms with Crippen molar-refractivity contribution in [2.24, 2.45) is 35.5 Å². The summed E-state index contributed by atoms with van der Waals surface area (Å²) in [6, 6.07) is -0.130. The van der Waals surface area contributed by atoms with Crippen LogP contribution in [0.15, 0.2) is 23.6 Å². The van der Waals surface area contributed by atoms with Gasteiger partial charge in [0.1, 0.15) is 11.2 Å². The van der Waals surface area contributed by atoms with Gasteiger partial charge in [0, 0.05) is 37.7 Å². The average Bonchev–Trinajstić information content (AvgIpc) is 3.69. The molecule has 8 atom stereocenters. The Morgan fingerprint density at radius 2 is 1.16 bits per heavy atom. The van der Waals surface area contributed by atoms with Crippen LogP contribution in [0, 0.1) is 35.5 Å². The lowest BCUT2D eigenvalue weighted by Gasteiger charge is -2.29. The number of hydrogen-bond acceptors (Lipinski definition) is 8. The highest BCUT2D eigenvalue weighted by Crippen LogP contribution is 2.56. The van der Waals surface area contributed by atoms with Crippen molar-refractivity contribution in [1.29, 1.82) is 0 Å². The number of imide groups is 2. The molecule has 4 saturated carbocycles. The molecule has 2 saturated heterocycles. The van der Waals surface area contributed by atoms with Crippen LogP contribution in [-0.2, 0) is 19.1 Å². The monoisotopic (exact) mass is 613 g/mol. The summed E-state index contributed by atoms with van der Waals surface area (Å²) < 4.78 is 10.9. The number of hydrogen-bond donors (Lipinski definition) is 1. The Bertz CT molecular complexity index is 1240. The number of ether oxygens (including phenoxy) is 2. The van der Waals surface area contributed by atoms with Crippen molar-refractivity contribution in [2.75, 3.05) is 14.1 Å². The topological polar surface area (TPSA) is 117 Å². The fourth-order valence-corrected chi connectivity index (χ4v) is 8.99. The highest BCUT2D eigenvalue weighted by Gasteiger charge is 2.60. The Morgan fingerprint density at radius 3 is 1.55 bits per heavy atom. The molecule has 6 fully saturated rings. The second-order valence-electron chi connectivity index (χ2n) is 15.8. The van der Waals surface area contributed by atoms with Gasteiger partial charge in [-0.1, -0.05) is 25.7 Å². The van der Waals surface area contributed by atoms with Gasteiger partial charge >= 0.3 is 12.2 Å². The molecule has 2 aliphatic heterocycles. The van der Waals surface area contributed by atoms with Crippen LogP contribution < -0.4 is 0 Å². The molecular formula is C34H51N3O7. The van der Waals surface area contributed by atoms with E-state index in [4.69, 9.17) is 9.47 Å². The van der Waals surface area contributed by atoms with Crippen LogP contribution in [0.4, 0.5) is 9.59 Å². The molecule has 0 bridgehead atoms. The van der Waals surface area contributed by atoms with Gasteiger partial charge in [-0.05, 0) is 90.9 Å². The minimum absolute atomic E-state index is 0.00366. The van der Waals surface area contributed by atoms with E-state index in [2.05, 4.69) is 0 Å². The van der Waals surface area contributed by atoms with Gasteiger partial charge in [-0.3, -0.25) is 9.59 Å². The summed E-state index contributed by atoms with van der Waals surface area (Å²) in [7, 11) is 3.84. The Kier molecular flexibility index (Phi) is 8.61. The summed E-state index contributed by atoms with van der Waals surface area (Å²) in [6.07, 6.45) is 10.6. The van der Waals surface area contributed by atoms with Crippen molar-refractivity contribution in [3.05, 3.63) is 23.6 Å². The summed E-state index contributed by atoms with van der Waals surface area (Å²) in [5.74, 6) is 1.63. The molecule has 44 heavy (non-hydrogen) atoms. The van der Waals surface area contributed by atoms with Crippen LogP contribution in [-0.4, -0.2) is 81.2 Å². The number of aliphatic hydroxyl groups excluding tert-OH is 1. The maximum absolute atomic E-state index is 12.9. The van der Waals surface area contributed by atoms with Gasteiger partial charge in [0.25, 0.3) is 11.8 Å². The zero-order valence-corrected chi connectivity index (χ0v) is 27.7. The first-order valence-corrected chi connectivity index (χ1v) is 16.4. The van der Waals surface area contributed by atoms with E-state index in [-0.39, 0.29) is 35.7 Å². The number of carbonyl (C=O) groups excluding carboxylic acids is 4. The minimum atomic E-state index is -0.633. The number of rotatable bonds is 1. The normalized spacial score (nSPS) is 35.8. The van der Waals surface area contributed by atoms with Gasteiger partial charge in [-0.2, -0.15) is 0 Å². The van der Waals surface area contributed by atoms with E-state index in [1.807, 2.05) is 46.0 Å². The third kappa shape index (κ3) is 5.97. The van der Waals surface area contributed by atoms with E-state index in [0.717, 1.165) is 50.4 Å². The standard InChI is InChI=1S/C18H28N2O3.C16H23NO4/c1-18(2,3)23-17(22)20-15-12-8-6-7-11(12)9-13(15)14(16(20)21)10-19(4)5;1-16(2,3)21-15(20)17-13-10-6-4-5-9(10)7-11(13)12(8-18)14(17)19/h10-13,15H,6-9H2,1-5H3;8-11,13,18H,4-7H2,1-3H3/b14-10+;12-8+/t11-,12-,13+,15+;9-,10-,11+,13+/m00/s1. The Balaban J connectivity index is 0.000000175. The van der Waals surface area contributed by atoms with E-state index in [1.54, 1.807) is 20.8 Å². The molecule has 0 aromatic heterocycles. The smallest absolute Gasteiger partial charge is 0.417 e. The third-order valence-electron chi connectivity index (χ3n) is 10.3. The fourth-order valence-electron chi connectivity index (χ4n) is 8.99. The number of aliphatic hydroxyl groups is 1. The lowest BCUT2D eigenvalue weighted by atomic mass is 9.94. The minimum Gasteiger partial charge on any atom is -0.515 e. The first-order valence-electron chi connectivity index (χ1n) is 16.4. The predicted molar refractivity (Wildman–Crippen MR) is 164 cm³/mol. The van der Waals surface area contributed by atoms with Crippen molar-refractivity contribution in [1.82, 2.24) is 14.7 Å². The van der Waals surface area contributed by atoms with Crippen LogP contribution in [0.2, 0.25) is 0 Å². The van der Waals surface area contributed by atoms with Crippen LogP contribution >= 0.6 is 0 Å². The van der Waals surface area contributed by atoms with Crippen molar-refractivity contribution in [3.63, 3.8) is 0 Å². The molecule has 0 radical (unpaired) electrons. The maximum Gasteiger partial charge on any atom is 0.417 e. The molecule has 6 rings (SSSR count). The van der Waals surface area contributed by atoms with Crippen LogP contribution in [0.3, 0.4) is 0 Å². The van der Waals surface area contributed by atoms with E-state index in [0.29, 0.717) is 29.2 Å². The van der Waals surface area contributed by atoms with Crippen LogP contribution in [0.5, 0.6) is 0 Å². The summed E-state index contributed by atoms with van der Waals surface area (Å²) in [5, 5.41) is 9.42. The van der Waals surface area contributed by atoms with Gasteiger partial charge in [0.05, 0.1) is 23.9 Å². The molecule has 1 N–H and O–H groups in total. The molecule has 0 unspecified atom stereocenters.